The zero-order chi connectivity index (χ0) is 15.9. The molecule has 1 fully saturated rings. The van der Waals surface area contributed by atoms with E-state index in [0.717, 1.165) is 5.41 Å². The lowest BCUT2D eigenvalue weighted by molar-refractivity contribution is 0.147. The Morgan fingerprint density at radius 2 is 0.909 bits per heavy atom. The van der Waals surface area contributed by atoms with E-state index in [1.54, 1.807) is 19.3 Å². The Hall–Kier alpha value is 0. The van der Waals surface area contributed by atoms with Crippen LogP contribution in [0.2, 0.25) is 0 Å². The van der Waals surface area contributed by atoms with Crippen molar-refractivity contribution in [2.75, 3.05) is 0 Å². The van der Waals surface area contributed by atoms with Gasteiger partial charge in [-0.1, -0.05) is 110 Å². The molecule has 1 rings (SSSR count). The molecule has 0 bridgehead atoms. The van der Waals surface area contributed by atoms with Crippen molar-refractivity contribution in [3.8, 4) is 0 Å². The van der Waals surface area contributed by atoms with Gasteiger partial charge in [0.05, 0.1) is 0 Å². The maximum Gasteiger partial charge on any atom is -0.0297 e. The van der Waals surface area contributed by atoms with Crippen LogP contribution in [0.15, 0.2) is 0 Å². The molecule has 0 N–H and O–H groups in total. The molecular weight excluding hydrogens is 264 g/mol. The number of hydrogen-bond donors (Lipinski definition) is 0. The first-order valence-corrected chi connectivity index (χ1v) is 10.8. The molecular formula is C22H44. The van der Waals surface area contributed by atoms with Gasteiger partial charge in [-0.2, -0.15) is 0 Å². The van der Waals surface area contributed by atoms with Crippen LogP contribution in [0.5, 0.6) is 0 Å². The first kappa shape index (κ1) is 20.0. The molecule has 1 aliphatic carbocycles. The molecule has 0 amide bonds. The minimum absolute atomic E-state index is 0.772. The first-order chi connectivity index (χ1) is 10.8. The summed E-state index contributed by atoms with van der Waals surface area (Å²) in [4.78, 5) is 0. The van der Waals surface area contributed by atoms with Crippen LogP contribution in [0.3, 0.4) is 0 Å². The monoisotopic (exact) mass is 308 g/mol. The maximum absolute atomic E-state index is 2.34. The zero-order valence-corrected chi connectivity index (χ0v) is 15.9. The van der Waals surface area contributed by atoms with Gasteiger partial charge in [-0.25, -0.2) is 0 Å². The molecule has 0 heteroatoms. The maximum atomic E-state index is 2.34. The molecule has 1 saturated carbocycles. The molecule has 0 aromatic heterocycles. The molecule has 0 heterocycles. The molecule has 1 aliphatic rings. The lowest BCUT2D eigenvalue weighted by atomic mass is 9.68. The molecule has 0 unspecified atom stereocenters. The first-order valence-electron chi connectivity index (χ1n) is 10.8. The zero-order valence-electron chi connectivity index (χ0n) is 15.9. The lowest BCUT2D eigenvalue weighted by Crippen LogP contribution is -2.24. The molecule has 0 atom stereocenters. The SMILES string of the molecule is CCCCCCCCCCCC1(CCCCC)CCCCC1. The van der Waals surface area contributed by atoms with Crippen LogP contribution in [0.25, 0.3) is 0 Å². The van der Waals surface area contributed by atoms with Crippen molar-refractivity contribution in [2.24, 2.45) is 5.41 Å². The molecule has 22 heavy (non-hydrogen) atoms. The highest BCUT2D eigenvalue weighted by Gasteiger charge is 2.30. The van der Waals surface area contributed by atoms with Gasteiger partial charge in [0.15, 0.2) is 0 Å². The fraction of sp³-hybridized carbons (Fsp3) is 1.00. The summed E-state index contributed by atoms with van der Waals surface area (Å²) in [6.07, 6.45) is 28.3. The second-order valence-electron chi connectivity index (χ2n) is 8.10. The van der Waals surface area contributed by atoms with Gasteiger partial charge in [0.2, 0.25) is 0 Å². The average Bonchev–Trinajstić information content (AvgIpc) is 2.55. The van der Waals surface area contributed by atoms with Crippen molar-refractivity contribution in [1.82, 2.24) is 0 Å². The van der Waals surface area contributed by atoms with Crippen LogP contribution in [0.1, 0.15) is 136 Å². The van der Waals surface area contributed by atoms with Crippen LogP contribution in [-0.2, 0) is 0 Å². The number of hydrogen-bond acceptors (Lipinski definition) is 0. The summed E-state index contributed by atoms with van der Waals surface area (Å²) in [5, 5.41) is 0. The van der Waals surface area contributed by atoms with Gasteiger partial charge in [0.1, 0.15) is 0 Å². The summed E-state index contributed by atoms with van der Waals surface area (Å²) < 4.78 is 0. The summed E-state index contributed by atoms with van der Waals surface area (Å²) in [5.74, 6) is 0. The number of rotatable bonds is 14. The fourth-order valence-electron chi connectivity index (χ4n) is 4.49. The Labute approximate surface area is 141 Å². The van der Waals surface area contributed by atoms with Crippen molar-refractivity contribution >= 4 is 0 Å². The highest BCUT2D eigenvalue weighted by molar-refractivity contribution is 4.82. The summed E-state index contributed by atoms with van der Waals surface area (Å²) in [7, 11) is 0. The van der Waals surface area contributed by atoms with Crippen LogP contribution >= 0.6 is 0 Å². The van der Waals surface area contributed by atoms with E-state index in [1.807, 2.05) is 0 Å². The molecule has 0 saturated heterocycles. The van der Waals surface area contributed by atoms with Crippen LogP contribution in [0, 0.1) is 5.41 Å². The molecule has 132 valence electrons. The predicted octanol–water partition coefficient (Wildman–Crippen LogP) is 8.44. The summed E-state index contributed by atoms with van der Waals surface area (Å²) in [6, 6.07) is 0. The van der Waals surface area contributed by atoms with Crippen molar-refractivity contribution in [3.63, 3.8) is 0 Å². The Morgan fingerprint density at radius 1 is 0.500 bits per heavy atom. The van der Waals surface area contributed by atoms with E-state index in [9.17, 15) is 0 Å². The Kier molecular flexibility index (Phi) is 12.2. The highest BCUT2D eigenvalue weighted by atomic mass is 14.4. The molecule has 0 aliphatic heterocycles. The molecule has 0 aromatic carbocycles. The van der Waals surface area contributed by atoms with Gasteiger partial charge in [0, 0.05) is 0 Å². The second kappa shape index (κ2) is 13.4. The van der Waals surface area contributed by atoms with Gasteiger partial charge < -0.3 is 0 Å². The molecule has 0 aromatic rings. The summed E-state index contributed by atoms with van der Waals surface area (Å²) >= 11 is 0. The highest BCUT2D eigenvalue weighted by Crippen LogP contribution is 2.44. The minimum atomic E-state index is 0.772. The van der Waals surface area contributed by atoms with Crippen molar-refractivity contribution in [2.45, 2.75) is 136 Å². The third-order valence-corrected chi connectivity index (χ3v) is 6.04. The van der Waals surface area contributed by atoms with E-state index in [-0.39, 0.29) is 0 Å². The lowest BCUT2D eigenvalue weighted by Gasteiger charge is -2.38. The van der Waals surface area contributed by atoms with Crippen molar-refractivity contribution in [1.29, 1.82) is 0 Å². The normalized spacial score (nSPS) is 17.7. The van der Waals surface area contributed by atoms with Crippen LogP contribution < -0.4 is 0 Å². The molecule has 0 spiro atoms. The Morgan fingerprint density at radius 3 is 1.45 bits per heavy atom. The van der Waals surface area contributed by atoms with E-state index < -0.39 is 0 Å². The Balaban J connectivity index is 2.07. The standard InChI is InChI=1S/C22H44/c1-3-5-7-8-9-10-11-12-15-19-22(18-14-6-4-2)20-16-13-17-21-22/h3-21H2,1-2H3. The van der Waals surface area contributed by atoms with Crippen molar-refractivity contribution < 1.29 is 0 Å². The van der Waals surface area contributed by atoms with E-state index in [4.69, 9.17) is 0 Å². The van der Waals surface area contributed by atoms with E-state index in [0.29, 0.717) is 0 Å². The molecule has 0 nitrogen and oxygen atoms in total. The van der Waals surface area contributed by atoms with Crippen molar-refractivity contribution in [3.05, 3.63) is 0 Å². The van der Waals surface area contributed by atoms with E-state index >= 15 is 0 Å². The Bertz CT molecular complexity index is 224. The van der Waals surface area contributed by atoms with E-state index in [1.165, 1.54) is 103 Å². The molecule has 0 radical (unpaired) electrons. The van der Waals surface area contributed by atoms with Gasteiger partial charge in [-0.3, -0.25) is 0 Å². The van der Waals surface area contributed by atoms with Crippen LogP contribution in [-0.4, -0.2) is 0 Å². The quantitative estimate of drug-likeness (QED) is 0.282. The fourth-order valence-corrected chi connectivity index (χ4v) is 4.49. The van der Waals surface area contributed by atoms with E-state index in [2.05, 4.69) is 13.8 Å². The predicted molar refractivity (Wildman–Crippen MR) is 102 cm³/mol. The third kappa shape index (κ3) is 9.21. The smallest absolute Gasteiger partial charge is 0.0297 e. The number of unbranched alkanes of at least 4 members (excludes halogenated alkanes) is 10. The minimum Gasteiger partial charge on any atom is -0.0654 e. The van der Waals surface area contributed by atoms with Gasteiger partial charge in [-0.15, -0.1) is 0 Å². The largest absolute Gasteiger partial charge is 0.0654 e. The van der Waals surface area contributed by atoms with Crippen LogP contribution in [0.4, 0.5) is 0 Å². The second-order valence-corrected chi connectivity index (χ2v) is 8.10. The summed E-state index contributed by atoms with van der Waals surface area (Å²) in [5.41, 5.74) is 0.772. The third-order valence-electron chi connectivity index (χ3n) is 6.04. The average molecular weight is 309 g/mol. The topological polar surface area (TPSA) is 0 Å². The van der Waals surface area contributed by atoms with Gasteiger partial charge in [-0.05, 0) is 31.1 Å². The summed E-state index contributed by atoms with van der Waals surface area (Å²) in [6.45, 7) is 4.65. The van der Waals surface area contributed by atoms with Gasteiger partial charge in [0.25, 0.3) is 0 Å². The van der Waals surface area contributed by atoms with Gasteiger partial charge >= 0.3 is 0 Å².